The molecule has 1 unspecified atom stereocenters. The normalized spacial score (nSPS) is 11.8. The van der Waals surface area contributed by atoms with Crippen molar-refractivity contribution in [3.05, 3.63) is 47.0 Å². The zero-order valence-corrected chi connectivity index (χ0v) is 20.8. The molecule has 0 spiro atoms. The SMILES string of the molecule is CC(C)(C)OC(=O)C(CCCCNC(=O)c1csc(NC(=O)NCc2ccccc2)n1)C(=O)ON. The van der Waals surface area contributed by atoms with Gasteiger partial charge in [0, 0.05) is 18.5 Å². The van der Waals surface area contributed by atoms with Gasteiger partial charge in [-0.3, -0.25) is 14.9 Å². The van der Waals surface area contributed by atoms with Crippen molar-refractivity contribution in [3.63, 3.8) is 0 Å². The van der Waals surface area contributed by atoms with E-state index in [1.54, 1.807) is 20.8 Å². The molecule has 35 heavy (non-hydrogen) atoms. The number of amides is 3. The van der Waals surface area contributed by atoms with E-state index < -0.39 is 35.4 Å². The summed E-state index contributed by atoms with van der Waals surface area (Å²) < 4.78 is 5.24. The van der Waals surface area contributed by atoms with Crippen LogP contribution in [0, 0.1) is 5.92 Å². The Morgan fingerprint density at radius 1 is 1.06 bits per heavy atom. The van der Waals surface area contributed by atoms with Gasteiger partial charge in [0.15, 0.2) is 11.0 Å². The van der Waals surface area contributed by atoms with Gasteiger partial charge in [0.25, 0.3) is 5.91 Å². The van der Waals surface area contributed by atoms with Crippen LogP contribution in [-0.2, 0) is 25.7 Å². The molecule has 0 saturated carbocycles. The number of hydrogen-bond donors (Lipinski definition) is 4. The van der Waals surface area contributed by atoms with Gasteiger partial charge in [0.1, 0.15) is 11.3 Å². The number of carbonyl (C=O) groups is 4. The van der Waals surface area contributed by atoms with Crippen LogP contribution in [0.1, 0.15) is 56.1 Å². The van der Waals surface area contributed by atoms with E-state index in [-0.39, 0.29) is 12.1 Å². The molecule has 1 heterocycles. The molecule has 2 rings (SSSR count). The van der Waals surface area contributed by atoms with E-state index >= 15 is 0 Å². The minimum absolute atomic E-state index is 0.170. The molecule has 1 atom stereocenters. The quantitative estimate of drug-likeness (QED) is 0.157. The fourth-order valence-corrected chi connectivity index (χ4v) is 3.59. The smallest absolute Gasteiger partial charge is 0.338 e. The van der Waals surface area contributed by atoms with Crippen molar-refractivity contribution < 1.29 is 28.8 Å². The maximum Gasteiger partial charge on any atom is 0.338 e. The summed E-state index contributed by atoms with van der Waals surface area (Å²) in [5.74, 6) is 1.84. The van der Waals surface area contributed by atoms with Gasteiger partial charge >= 0.3 is 18.0 Å². The number of nitrogens with two attached hydrogens (primary N) is 1. The topological polar surface area (TPSA) is 162 Å². The lowest BCUT2D eigenvalue weighted by molar-refractivity contribution is -0.169. The summed E-state index contributed by atoms with van der Waals surface area (Å²) in [5, 5.41) is 9.87. The molecule has 5 N–H and O–H groups in total. The Bertz CT molecular complexity index is 1010. The molecule has 3 amide bonds. The average molecular weight is 506 g/mol. The Morgan fingerprint density at radius 3 is 2.43 bits per heavy atom. The van der Waals surface area contributed by atoms with Gasteiger partial charge in [0.2, 0.25) is 0 Å². The third-order valence-corrected chi connectivity index (χ3v) is 5.31. The number of nitrogens with one attached hydrogen (secondary N) is 3. The molecule has 1 aromatic carbocycles. The van der Waals surface area contributed by atoms with E-state index in [0.717, 1.165) is 16.9 Å². The average Bonchev–Trinajstić information content (AvgIpc) is 3.27. The van der Waals surface area contributed by atoms with Crippen LogP contribution in [0.25, 0.3) is 0 Å². The van der Waals surface area contributed by atoms with E-state index in [0.29, 0.717) is 31.1 Å². The summed E-state index contributed by atoms with van der Waals surface area (Å²) in [5.41, 5.74) is 0.382. The van der Waals surface area contributed by atoms with E-state index in [4.69, 9.17) is 10.6 Å². The van der Waals surface area contributed by atoms with Crippen molar-refractivity contribution in [1.29, 1.82) is 0 Å². The molecule has 0 radical (unpaired) electrons. The van der Waals surface area contributed by atoms with Crippen LogP contribution in [0.2, 0.25) is 0 Å². The number of rotatable bonds is 11. The summed E-state index contributed by atoms with van der Waals surface area (Å²) >= 11 is 1.13. The van der Waals surface area contributed by atoms with Gasteiger partial charge < -0.3 is 20.2 Å². The van der Waals surface area contributed by atoms with Crippen LogP contribution in [0.5, 0.6) is 0 Å². The van der Waals surface area contributed by atoms with Crippen LogP contribution in [0.4, 0.5) is 9.93 Å². The molecule has 190 valence electrons. The molecular weight excluding hydrogens is 474 g/mol. The van der Waals surface area contributed by atoms with Crippen molar-refractivity contribution in [2.45, 2.75) is 52.2 Å². The van der Waals surface area contributed by atoms with E-state index in [2.05, 4.69) is 25.8 Å². The van der Waals surface area contributed by atoms with Crippen molar-refractivity contribution in [2.24, 2.45) is 11.8 Å². The van der Waals surface area contributed by atoms with Crippen LogP contribution in [0.15, 0.2) is 35.7 Å². The lowest BCUT2D eigenvalue weighted by atomic mass is 10.0. The first kappa shape index (κ1) is 27.7. The van der Waals surface area contributed by atoms with Crippen LogP contribution in [0.3, 0.4) is 0 Å². The van der Waals surface area contributed by atoms with Gasteiger partial charge in [-0.05, 0) is 39.2 Å². The molecule has 0 saturated heterocycles. The minimum Gasteiger partial charge on any atom is -0.459 e. The molecule has 11 nitrogen and oxygen atoms in total. The molecule has 0 aliphatic carbocycles. The highest BCUT2D eigenvalue weighted by atomic mass is 32.1. The number of aromatic nitrogens is 1. The first-order chi connectivity index (χ1) is 16.6. The third-order valence-electron chi connectivity index (χ3n) is 4.55. The fraction of sp³-hybridized carbons (Fsp3) is 0.435. The highest BCUT2D eigenvalue weighted by Crippen LogP contribution is 2.18. The predicted octanol–water partition coefficient (Wildman–Crippen LogP) is 2.74. The number of thiazole rings is 1. The second-order valence-electron chi connectivity index (χ2n) is 8.61. The summed E-state index contributed by atoms with van der Waals surface area (Å²) in [4.78, 5) is 56.7. The molecule has 0 aliphatic heterocycles. The number of benzene rings is 1. The van der Waals surface area contributed by atoms with Gasteiger partial charge in [-0.15, -0.1) is 11.3 Å². The maximum atomic E-state index is 12.3. The molecular formula is C23H31N5O6S. The molecule has 2 aromatic rings. The van der Waals surface area contributed by atoms with Crippen molar-refractivity contribution in [1.82, 2.24) is 15.6 Å². The number of urea groups is 1. The van der Waals surface area contributed by atoms with Crippen molar-refractivity contribution >= 4 is 40.3 Å². The zero-order valence-electron chi connectivity index (χ0n) is 20.0. The Morgan fingerprint density at radius 2 is 1.77 bits per heavy atom. The van der Waals surface area contributed by atoms with Gasteiger partial charge in [-0.1, -0.05) is 36.8 Å². The summed E-state index contributed by atoms with van der Waals surface area (Å²) in [6, 6.07) is 9.03. The number of carbonyl (C=O) groups excluding carboxylic acids is 4. The summed E-state index contributed by atoms with van der Waals surface area (Å²) in [6.45, 7) is 5.75. The highest BCUT2D eigenvalue weighted by molar-refractivity contribution is 7.14. The predicted molar refractivity (Wildman–Crippen MR) is 130 cm³/mol. The zero-order chi connectivity index (χ0) is 25.8. The monoisotopic (exact) mass is 505 g/mol. The maximum absolute atomic E-state index is 12.3. The fourth-order valence-electron chi connectivity index (χ4n) is 2.91. The Kier molecular flexibility index (Phi) is 10.6. The lowest BCUT2D eigenvalue weighted by Gasteiger charge is -2.22. The number of hydrogen-bond acceptors (Lipinski definition) is 9. The first-order valence-corrected chi connectivity index (χ1v) is 11.9. The Balaban J connectivity index is 1.72. The Hall–Kier alpha value is -3.51. The summed E-state index contributed by atoms with van der Waals surface area (Å²) in [6.07, 6.45) is 1.12. The number of anilines is 1. The highest BCUT2D eigenvalue weighted by Gasteiger charge is 2.32. The number of unbranched alkanes of at least 4 members (excludes halogenated alkanes) is 1. The Labute approximate surface area is 207 Å². The lowest BCUT2D eigenvalue weighted by Crippen LogP contribution is -2.35. The second-order valence-corrected chi connectivity index (χ2v) is 9.46. The largest absolute Gasteiger partial charge is 0.459 e. The molecule has 12 heteroatoms. The van der Waals surface area contributed by atoms with Crippen LogP contribution < -0.4 is 21.8 Å². The summed E-state index contributed by atoms with van der Waals surface area (Å²) in [7, 11) is 0. The number of nitrogens with zero attached hydrogens (tertiary/aromatic N) is 1. The number of esters is 1. The third kappa shape index (κ3) is 10.1. The van der Waals surface area contributed by atoms with Gasteiger partial charge in [-0.2, -0.15) is 5.90 Å². The van der Waals surface area contributed by atoms with Crippen LogP contribution >= 0.6 is 11.3 Å². The van der Waals surface area contributed by atoms with E-state index in [1.807, 2.05) is 30.3 Å². The van der Waals surface area contributed by atoms with Gasteiger partial charge in [-0.25, -0.2) is 14.6 Å². The van der Waals surface area contributed by atoms with E-state index in [9.17, 15) is 19.2 Å². The van der Waals surface area contributed by atoms with Crippen molar-refractivity contribution in [3.8, 4) is 0 Å². The number of ether oxygens (including phenoxy) is 1. The molecule has 0 aliphatic rings. The van der Waals surface area contributed by atoms with Crippen LogP contribution in [-0.4, -0.2) is 41.0 Å². The minimum atomic E-state index is -1.13. The first-order valence-electron chi connectivity index (χ1n) is 11.0. The van der Waals surface area contributed by atoms with Gasteiger partial charge in [0.05, 0.1) is 0 Å². The van der Waals surface area contributed by atoms with E-state index in [1.165, 1.54) is 5.38 Å². The van der Waals surface area contributed by atoms with Crippen molar-refractivity contribution in [2.75, 3.05) is 11.9 Å². The molecule has 1 aromatic heterocycles. The standard InChI is InChI=1S/C23H31N5O6S/c1-23(2,3)33-19(30)16(20(31)34-24)11-7-8-12-25-18(29)17-14-35-22(27-17)28-21(32)26-13-15-9-5-4-6-10-15/h4-6,9-10,14,16H,7-8,11-13,24H2,1-3H3,(H,25,29)(H2,26,27,28,32). The second kappa shape index (κ2) is 13.4. The molecule has 0 fully saturated rings. The molecule has 0 bridgehead atoms.